The molecular formula is C10H13N3O. The molecule has 0 amide bonds. The zero-order chi connectivity index (χ0) is 9.71. The van der Waals surface area contributed by atoms with Crippen LogP contribution < -0.4 is 10.5 Å². The lowest BCUT2D eigenvalue weighted by molar-refractivity contribution is 0.795. The van der Waals surface area contributed by atoms with E-state index in [4.69, 9.17) is 0 Å². The van der Waals surface area contributed by atoms with E-state index in [1.165, 1.54) is 6.42 Å². The van der Waals surface area contributed by atoms with Gasteiger partial charge in [-0.1, -0.05) is 0 Å². The number of anilines is 1. The van der Waals surface area contributed by atoms with Crippen LogP contribution in [0.5, 0.6) is 0 Å². The molecule has 1 saturated carbocycles. The van der Waals surface area contributed by atoms with Crippen LogP contribution in [-0.4, -0.2) is 23.1 Å². The van der Waals surface area contributed by atoms with Crippen LogP contribution >= 0.6 is 0 Å². The molecule has 1 aromatic rings. The van der Waals surface area contributed by atoms with Gasteiger partial charge in [0, 0.05) is 19.2 Å². The molecule has 14 heavy (non-hydrogen) atoms. The number of H-pyrrole nitrogens is 1. The molecule has 1 saturated heterocycles. The van der Waals surface area contributed by atoms with Crippen LogP contribution in [-0.2, 0) is 0 Å². The number of hydrogen-bond donors (Lipinski definition) is 1. The van der Waals surface area contributed by atoms with Crippen LogP contribution in [0.1, 0.15) is 12.2 Å². The second-order valence-corrected chi connectivity index (χ2v) is 4.35. The number of aromatic amines is 1. The summed E-state index contributed by atoms with van der Waals surface area (Å²) < 4.78 is 0. The van der Waals surface area contributed by atoms with Gasteiger partial charge in [0.1, 0.15) is 11.6 Å². The molecule has 74 valence electrons. The molecule has 1 aliphatic heterocycles. The highest BCUT2D eigenvalue weighted by Gasteiger charge is 2.45. The molecule has 2 atom stereocenters. The summed E-state index contributed by atoms with van der Waals surface area (Å²) in [6.07, 6.45) is 1.37. The van der Waals surface area contributed by atoms with Crippen molar-refractivity contribution < 1.29 is 0 Å². The molecule has 1 aromatic heterocycles. The molecule has 2 unspecified atom stereocenters. The third-order valence-electron chi connectivity index (χ3n) is 3.15. The lowest BCUT2D eigenvalue weighted by atomic mass is 10.4. The summed E-state index contributed by atoms with van der Waals surface area (Å²) in [6.45, 7) is 3.99. The minimum atomic E-state index is -0.0481. The van der Waals surface area contributed by atoms with Crippen molar-refractivity contribution in [3.63, 3.8) is 0 Å². The normalized spacial score (nSPS) is 29.1. The monoisotopic (exact) mass is 191 g/mol. The maximum atomic E-state index is 11.2. The third-order valence-corrected chi connectivity index (χ3v) is 3.15. The first-order valence-electron chi connectivity index (χ1n) is 5.05. The van der Waals surface area contributed by atoms with Gasteiger partial charge in [-0.25, -0.2) is 4.98 Å². The van der Waals surface area contributed by atoms with E-state index >= 15 is 0 Å². The smallest absolute Gasteiger partial charge is 0.252 e. The second-order valence-electron chi connectivity index (χ2n) is 4.35. The largest absolute Gasteiger partial charge is 0.356 e. The Labute approximate surface area is 82.0 Å². The summed E-state index contributed by atoms with van der Waals surface area (Å²) in [4.78, 5) is 20.5. The van der Waals surface area contributed by atoms with E-state index in [2.05, 4.69) is 14.9 Å². The Kier molecular flexibility index (Phi) is 1.48. The predicted octanol–water partition coefficient (Wildman–Crippen LogP) is 0.534. The Morgan fingerprint density at radius 1 is 1.50 bits per heavy atom. The summed E-state index contributed by atoms with van der Waals surface area (Å²) >= 11 is 0. The SMILES string of the molecule is Cc1nc(N2CC3CC3C2)cc(=O)[nH]1. The standard InChI is InChI=1S/C10H13N3O/c1-6-11-9(3-10(14)12-6)13-4-7-2-8(7)5-13/h3,7-8H,2,4-5H2,1H3,(H,11,12,14). The van der Waals surface area contributed by atoms with Crippen LogP contribution in [0.3, 0.4) is 0 Å². The minimum Gasteiger partial charge on any atom is -0.356 e. The summed E-state index contributed by atoms with van der Waals surface area (Å²) in [6, 6.07) is 1.60. The molecule has 0 radical (unpaired) electrons. The zero-order valence-corrected chi connectivity index (χ0v) is 8.16. The molecule has 0 spiro atoms. The van der Waals surface area contributed by atoms with Crippen molar-refractivity contribution in [1.29, 1.82) is 0 Å². The summed E-state index contributed by atoms with van der Waals surface area (Å²) in [5, 5.41) is 0. The van der Waals surface area contributed by atoms with E-state index in [1.807, 2.05) is 6.92 Å². The van der Waals surface area contributed by atoms with Crippen molar-refractivity contribution in [2.24, 2.45) is 11.8 Å². The number of nitrogens with one attached hydrogen (secondary N) is 1. The number of nitrogens with zero attached hydrogens (tertiary/aromatic N) is 2. The Balaban J connectivity index is 1.92. The lowest BCUT2D eigenvalue weighted by Gasteiger charge is -2.18. The highest BCUT2D eigenvalue weighted by molar-refractivity contribution is 5.40. The quantitative estimate of drug-likeness (QED) is 0.704. The van der Waals surface area contributed by atoms with E-state index in [0.29, 0.717) is 5.82 Å². The first-order valence-corrected chi connectivity index (χ1v) is 5.05. The number of aromatic nitrogens is 2. The average molecular weight is 191 g/mol. The highest BCUT2D eigenvalue weighted by Crippen LogP contribution is 2.45. The molecule has 1 aliphatic carbocycles. The molecule has 2 fully saturated rings. The Morgan fingerprint density at radius 3 is 2.86 bits per heavy atom. The van der Waals surface area contributed by atoms with E-state index in [0.717, 1.165) is 30.7 Å². The van der Waals surface area contributed by atoms with Crippen molar-refractivity contribution in [2.75, 3.05) is 18.0 Å². The molecule has 0 bridgehead atoms. The summed E-state index contributed by atoms with van der Waals surface area (Å²) in [5.74, 6) is 3.29. The number of fused-ring (bicyclic) bond motifs is 1. The Hall–Kier alpha value is -1.32. The van der Waals surface area contributed by atoms with Gasteiger partial charge < -0.3 is 9.88 Å². The maximum absolute atomic E-state index is 11.2. The molecule has 2 aliphatic rings. The van der Waals surface area contributed by atoms with Gasteiger partial charge in [0.25, 0.3) is 5.56 Å². The van der Waals surface area contributed by atoms with Gasteiger partial charge in [0.2, 0.25) is 0 Å². The predicted molar refractivity (Wildman–Crippen MR) is 53.4 cm³/mol. The average Bonchev–Trinajstić information content (AvgIpc) is 2.72. The van der Waals surface area contributed by atoms with Crippen molar-refractivity contribution >= 4 is 5.82 Å². The topological polar surface area (TPSA) is 49.0 Å². The summed E-state index contributed by atoms with van der Waals surface area (Å²) in [7, 11) is 0. The molecule has 0 aromatic carbocycles. The molecular weight excluding hydrogens is 178 g/mol. The van der Waals surface area contributed by atoms with Crippen LogP contribution in [0.25, 0.3) is 0 Å². The van der Waals surface area contributed by atoms with Crippen molar-refractivity contribution in [3.05, 3.63) is 22.2 Å². The fourth-order valence-electron chi connectivity index (χ4n) is 2.31. The van der Waals surface area contributed by atoms with Gasteiger partial charge in [-0.05, 0) is 25.2 Å². The van der Waals surface area contributed by atoms with E-state index in [9.17, 15) is 4.79 Å². The highest BCUT2D eigenvalue weighted by atomic mass is 16.1. The van der Waals surface area contributed by atoms with Crippen molar-refractivity contribution in [1.82, 2.24) is 9.97 Å². The Morgan fingerprint density at radius 2 is 2.21 bits per heavy atom. The van der Waals surface area contributed by atoms with Crippen LogP contribution in [0, 0.1) is 18.8 Å². The van der Waals surface area contributed by atoms with Crippen LogP contribution in [0.2, 0.25) is 0 Å². The maximum Gasteiger partial charge on any atom is 0.252 e. The number of hydrogen-bond acceptors (Lipinski definition) is 3. The van der Waals surface area contributed by atoms with Gasteiger partial charge in [-0.2, -0.15) is 0 Å². The zero-order valence-electron chi connectivity index (χ0n) is 8.16. The molecule has 3 rings (SSSR count). The van der Waals surface area contributed by atoms with Gasteiger partial charge in [0.05, 0.1) is 0 Å². The van der Waals surface area contributed by atoms with Gasteiger partial charge in [-0.3, -0.25) is 4.79 Å². The van der Waals surface area contributed by atoms with E-state index < -0.39 is 0 Å². The Bertz CT molecular complexity index is 416. The van der Waals surface area contributed by atoms with E-state index in [-0.39, 0.29) is 5.56 Å². The molecule has 4 heteroatoms. The number of piperidine rings is 1. The molecule has 2 heterocycles. The fraction of sp³-hybridized carbons (Fsp3) is 0.600. The first kappa shape index (κ1) is 8.03. The van der Waals surface area contributed by atoms with E-state index in [1.54, 1.807) is 6.07 Å². The number of aryl methyl sites for hydroxylation is 1. The molecule has 4 nitrogen and oxygen atoms in total. The fourth-order valence-corrected chi connectivity index (χ4v) is 2.31. The number of rotatable bonds is 1. The minimum absolute atomic E-state index is 0.0481. The van der Waals surface area contributed by atoms with Crippen LogP contribution in [0.4, 0.5) is 5.82 Å². The molecule has 1 N–H and O–H groups in total. The second kappa shape index (κ2) is 2.59. The lowest BCUT2D eigenvalue weighted by Crippen LogP contribution is -2.25. The van der Waals surface area contributed by atoms with Gasteiger partial charge in [0.15, 0.2) is 0 Å². The van der Waals surface area contributed by atoms with Crippen LogP contribution in [0.15, 0.2) is 10.9 Å². The van der Waals surface area contributed by atoms with Crippen molar-refractivity contribution in [3.8, 4) is 0 Å². The first-order chi connectivity index (χ1) is 6.72. The van der Waals surface area contributed by atoms with Crippen molar-refractivity contribution in [2.45, 2.75) is 13.3 Å². The van der Waals surface area contributed by atoms with Gasteiger partial charge in [-0.15, -0.1) is 0 Å². The third kappa shape index (κ3) is 1.22. The van der Waals surface area contributed by atoms with Gasteiger partial charge >= 0.3 is 0 Å². The summed E-state index contributed by atoms with van der Waals surface area (Å²) in [5.41, 5.74) is -0.0481.